The molecule has 0 fully saturated rings. The Kier molecular flexibility index (Phi) is 8.06. The average molecular weight is 417 g/mol. The van der Waals surface area contributed by atoms with Crippen LogP contribution in [0.3, 0.4) is 0 Å². The molecule has 1 aliphatic carbocycles. The topological polar surface area (TPSA) is 84.5 Å². The highest BCUT2D eigenvalue weighted by molar-refractivity contribution is 6.36. The molecule has 9 heteroatoms. The van der Waals surface area contributed by atoms with Crippen molar-refractivity contribution in [3.63, 3.8) is 0 Å². The normalized spacial score (nSPS) is 13.5. The number of carbonyl (C=O) groups is 3. The van der Waals surface area contributed by atoms with Crippen LogP contribution in [0.15, 0.2) is 23.8 Å². The highest BCUT2D eigenvalue weighted by Crippen LogP contribution is 2.24. The number of benzene rings is 1. The van der Waals surface area contributed by atoms with Crippen molar-refractivity contribution in [3.05, 3.63) is 45.2 Å². The third-order valence-electron chi connectivity index (χ3n) is 3.93. The number of allylic oxidation sites excluding steroid dienone is 1. The van der Waals surface area contributed by atoms with Gasteiger partial charge in [-0.2, -0.15) is 0 Å². The molecule has 2 N–H and O–H groups in total. The second kappa shape index (κ2) is 10.3. The largest absolute Gasteiger partial charge is 0.452 e. The van der Waals surface area contributed by atoms with E-state index in [2.05, 4.69) is 11.4 Å². The summed E-state index contributed by atoms with van der Waals surface area (Å²) in [6.07, 6.45) is 7.36. The Morgan fingerprint density at radius 1 is 1.15 bits per heavy atom. The number of carbonyl (C=O) groups excluding carboxylic acids is 3. The number of esters is 1. The molecule has 0 unspecified atom stereocenters. The van der Waals surface area contributed by atoms with E-state index >= 15 is 0 Å². The second-order valence-electron chi connectivity index (χ2n) is 5.98. The quantitative estimate of drug-likeness (QED) is 0.416. The van der Waals surface area contributed by atoms with Gasteiger partial charge in [0, 0.05) is 6.54 Å². The van der Waals surface area contributed by atoms with Crippen molar-refractivity contribution in [2.75, 3.05) is 13.2 Å². The van der Waals surface area contributed by atoms with Crippen LogP contribution in [0.4, 0.5) is 9.18 Å². The molecule has 1 aromatic carbocycles. The third-order valence-corrected chi connectivity index (χ3v) is 4.54. The summed E-state index contributed by atoms with van der Waals surface area (Å²) in [5, 5.41) is 4.26. The second-order valence-corrected chi connectivity index (χ2v) is 6.80. The van der Waals surface area contributed by atoms with Gasteiger partial charge in [0.15, 0.2) is 6.61 Å². The smallest absolute Gasteiger partial charge is 0.340 e. The fourth-order valence-corrected chi connectivity index (χ4v) is 3.02. The first-order chi connectivity index (χ1) is 12.9. The monoisotopic (exact) mass is 416 g/mol. The van der Waals surface area contributed by atoms with Crippen molar-refractivity contribution in [1.82, 2.24) is 10.6 Å². The van der Waals surface area contributed by atoms with Gasteiger partial charge in [-0.3, -0.25) is 10.1 Å². The number of ether oxygens (including phenoxy) is 1. The number of hydrogen-bond acceptors (Lipinski definition) is 4. The van der Waals surface area contributed by atoms with E-state index in [9.17, 15) is 18.8 Å². The fourth-order valence-electron chi connectivity index (χ4n) is 2.56. The Hall–Kier alpha value is -2.12. The molecule has 0 bridgehead atoms. The number of halogens is 3. The molecule has 146 valence electrons. The molecule has 1 aliphatic rings. The molecule has 0 saturated heterocycles. The molecule has 0 aromatic heterocycles. The highest BCUT2D eigenvalue weighted by atomic mass is 35.5. The lowest BCUT2D eigenvalue weighted by molar-refractivity contribution is -0.123. The lowest BCUT2D eigenvalue weighted by Gasteiger charge is -2.13. The summed E-state index contributed by atoms with van der Waals surface area (Å²) in [5.74, 6) is -2.66. The van der Waals surface area contributed by atoms with E-state index < -0.39 is 30.3 Å². The van der Waals surface area contributed by atoms with Crippen molar-refractivity contribution in [2.24, 2.45) is 0 Å². The van der Waals surface area contributed by atoms with Crippen LogP contribution in [0.1, 0.15) is 42.5 Å². The van der Waals surface area contributed by atoms with Crippen LogP contribution in [-0.2, 0) is 9.53 Å². The highest BCUT2D eigenvalue weighted by Gasteiger charge is 2.17. The summed E-state index contributed by atoms with van der Waals surface area (Å²) in [4.78, 5) is 35.2. The number of urea groups is 1. The van der Waals surface area contributed by atoms with Crippen molar-refractivity contribution < 1.29 is 23.5 Å². The van der Waals surface area contributed by atoms with E-state index in [1.807, 2.05) is 5.32 Å². The van der Waals surface area contributed by atoms with Crippen molar-refractivity contribution in [3.8, 4) is 0 Å². The van der Waals surface area contributed by atoms with E-state index in [1.165, 1.54) is 12.0 Å². The van der Waals surface area contributed by atoms with Gasteiger partial charge in [-0.15, -0.1) is 0 Å². The first-order valence-electron chi connectivity index (χ1n) is 8.44. The SMILES string of the molecule is O=C(COC(=O)c1cc(F)c(Cl)cc1Cl)NC(=O)NCCC1=CCCCC1. The first-order valence-corrected chi connectivity index (χ1v) is 9.19. The van der Waals surface area contributed by atoms with Crippen LogP contribution >= 0.6 is 23.2 Å². The fraction of sp³-hybridized carbons (Fsp3) is 0.389. The molecule has 6 nitrogen and oxygen atoms in total. The minimum atomic E-state index is -1.00. The summed E-state index contributed by atoms with van der Waals surface area (Å²) < 4.78 is 18.1. The van der Waals surface area contributed by atoms with E-state index in [1.54, 1.807) is 0 Å². The molecule has 0 heterocycles. The van der Waals surface area contributed by atoms with Crippen LogP contribution in [-0.4, -0.2) is 31.1 Å². The Labute approximate surface area is 166 Å². The molecule has 0 spiro atoms. The van der Waals surface area contributed by atoms with Gasteiger partial charge >= 0.3 is 12.0 Å². The number of amides is 3. The van der Waals surface area contributed by atoms with Crippen molar-refractivity contribution in [1.29, 1.82) is 0 Å². The minimum Gasteiger partial charge on any atom is -0.452 e. The molecular formula is C18H19Cl2FN2O4. The van der Waals surface area contributed by atoms with Gasteiger partial charge in [-0.25, -0.2) is 14.0 Å². The van der Waals surface area contributed by atoms with Gasteiger partial charge in [0.1, 0.15) is 5.82 Å². The van der Waals surface area contributed by atoms with Gasteiger partial charge in [-0.1, -0.05) is 34.9 Å². The van der Waals surface area contributed by atoms with Crippen LogP contribution in [0.5, 0.6) is 0 Å². The van der Waals surface area contributed by atoms with Gasteiger partial charge in [0.25, 0.3) is 5.91 Å². The van der Waals surface area contributed by atoms with E-state index in [-0.39, 0.29) is 15.6 Å². The lowest BCUT2D eigenvalue weighted by Crippen LogP contribution is -2.41. The average Bonchev–Trinajstić information content (AvgIpc) is 2.63. The number of rotatable bonds is 6. The molecule has 0 aliphatic heterocycles. The molecule has 2 rings (SSSR count). The van der Waals surface area contributed by atoms with Crippen LogP contribution in [0, 0.1) is 5.82 Å². The standard InChI is InChI=1S/C18H19Cl2FN2O4/c19-13-9-14(20)15(21)8-12(13)17(25)27-10-16(24)23-18(26)22-7-6-11-4-2-1-3-5-11/h4,8-9H,1-3,5-7,10H2,(H2,22,23,24,26). The Balaban J connectivity index is 1.72. The molecule has 27 heavy (non-hydrogen) atoms. The van der Waals surface area contributed by atoms with E-state index in [0.717, 1.165) is 37.8 Å². The summed E-state index contributed by atoms with van der Waals surface area (Å²) in [5.41, 5.74) is 1.03. The summed E-state index contributed by atoms with van der Waals surface area (Å²) in [6, 6.07) is 1.20. The third kappa shape index (κ3) is 6.84. The maximum absolute atomic E-state index is 13.4. The number of imide groups is 1. The minimum absolute atomic E-state index is 0.110. The van der Waals surface area contributed by atoms with Crippen molar-refractivity contribution in [2.45, 2.75) is 32.1 Å². The van der Waals surface area contributed by atoms with Gasteiger partial charge in [0.2, 0.25) is 0 Å². The zero-order chi connectivity index (χ0) is 19.8. The molecule has 0 radical (unpaired) electrons. The Morgan fingerprint density at radius 3 is 2.63 bits per heavy atom. The first kappa shape index (κ1) is 21.2. The zero-order valence-corrected chi connectivity index (χ0v) is 16.0. The van der Waals surface area contributed by atoms with E-state index in [0.29, 0.717) is 6.54 Å². The summed E-state index contributed by atoms with van der Waals surface area (Å²) in [7, 11) is 0. The molecule has 0 saturated carbocycles. The van der Waals surface area contributed by atoms with E-state index in [4.69, 9.17) is 27.9 Å². The van der Waals surface area contributed by atoms with Crippen LogP contribution in [0.25, 0.3) is 0 Å². The molecule has 3 amide bonds. The van der Waals surface area contributed by atoms with Gasteiger partial charge in [-0.05, 0) is 44.2 Å². The zero-order valence-electron chi connectivity index (χ0n) is 14.4. The van der Waals surface area contributed by atoms with Crippen LogP contribution < -0.4 is 10.6 Å². The lowest BCUT2D eigenvalue weighted by atomic mass is 9.97. The van der Waals surface area contributed by atoms with Gasteiger partial charge < -0.3 is 10.1 Å². The molecule has 0 atom stereocenters. The predicted molar refractivity (Wildman–Crippen MR) is 99.4 cm³/mol. The van der Waals surface area contributed by atoms with Crippen molar-refractivity contribution >= 4 is 41.1 Å². The summed E-state index contributed by atoms with van der Waals surface area (Å²) in [6.45, 7) is -0.303. The maximum Gasteiger partial charge on any atom is 0.340 e. The Bertz CT molecular complexity index is 768. The summed E-state index contributed by atoms with van der Waals surface area (Å²) >= 11 is 11.3. The number of nitrogens with one attached hydrogen (secondary N) is 2. The number of hydrogen-bond donors (Lipinski definition) is 2. The molecular weight excluding hydrogens is 398 g/mol. The maximum atomic E-state index is 13.4. The Morgan fingerprint density at radius 2 is 1.93 bits per heavy atom. The predicted octanol–water partition coefficient (Wildman–Crippen LogP) is 4.01. The van der Waals surface area contributed by atoms with Crippen LogP contribution in [0.2, 0.25) is 10.0 Å². The van der Waals surface area contributed by atoms with Gasteiger partial charge in [0.05, 0.1) is 15.6 Å². The molecule has 1 aromatic rings.